The van der Waals surface area contributed by atoms with E-state index in [0.29, 0.717) is 0 Å². The van der Waals surface area contributed by atoms with Gasteiger partial charge in [-0.05, 0) is 11.8 Å². The van der Waals surface area contributed by atoms with Crippen LogP contribution in [-0.2, 0) is 4.79 Å². The zero-order chi connectivity index (χ0) is 13.3. The molecule has 0 radical (unpaired) electrons. The molecule has 1 unspecified atom stereocenters. The van der Waals surface area contributed by atoms with Gasteiger partial charge in [0.2, 0.25) is 5.91 Å². The first-order valence-corrected chi connectivity index (χ1v) is 7.30. The summed E-state index contributed by atoms with van der Waals surface area (Å²) in [7, 11) is 0. The lowest BCUT2D eigenvalue weighted by atomic mass is 9.86. The summed E-state index contributed by atoms with van der Waals surface area (Å²) in [5, 5.41) is 0. The largest absolute Gasteiger partial charge is 0.340 e. The van der Waals surface area contributed by atoms with Crippen LogP contribution >= 0.6 is 11.8 Å². The number of rotatable bonds is 1. The molecule has 17 heavy (non-hydrogen) atoms. The molecule has 100 valence electrons. The number of nitrogens with zero attached hydrogens (tertiary/aromatic N) is 1. The fourth-order valence-corrected chi connectivity index (χ4v) is 2.91. The molecule has 3 nitrogen and oxygen atoms in total. The van der Waals surface area contributed by atoms with Crippen LogP contribution in [0.2, 0.25) is 0 Å². The minimum atomic E-state index is -0.395. The van der Waals surface area contributed by atoms with Crippen LogP contribution in [0.25, 0.3) is 0 Å². The number of carbonyl (C=O) groups excluding carboxylic acids is 1. The van der Waals surface area contributed by atoms with E-state index in [1.807, 2.05) is 37.4 Å². The normalized spacial score (nSPS) is 23.1. The lowest BCUT2D eigenvalue weighted by Gasteiger charge is -2.31. The van der Waals surface area contributed by atoms with E-state index in [9.17, 15) is 4.79 Å². The van der Waals surface area contributed by atoms with Gasteiger partial charge in [-0.25, -0.2) is 0 Å². The Labute approximate surface area is 109 Å². The maximum absolute atomic E-state index is 12.3. The molecule has 1 saturated heterocycles. The van der Waals surface area contributed by atoms with Crippen LogP contribution < -0.4 is 5.73 Å². The molecule has 1 fully saturated rings. The van der Waals surface area contributed by atoms with Gasteiger partial charge in [-0.3, -0.25) is 4.79 Å². The highest BCUT2D eigenvalue weighted by molar-refractivity contribution is 8.00. The quantitative estimate of drug-likeness (QED) is 0.783. The van der Waals surface area contributed by atoms with Crippen molar-refractivity contribution in [2.24, 2.45) is 11.1 Å². The Hall–Kier alpha value is -0.220. The fourth-order valence-electron chi connectivity index (χ4n) is 1.81. The van der Waals surface area contributed by atoms with Gasteiger partial charge in [0.1, 0.15) is 0 Å². The molecule has 0 spiro atoms. The van der Waals surface area contributed by atoms with Crippen LogP contribution in [-0.4, -0.2) is 40.4 Å². The molecule has 1 heterocycles. The predicted molar refractivity (Wildman–Crippen MR) is 75.2 cm³/mol. The van der Waals surface area contributed by atoms with Crippen molar-refractivity contribution in [3.8, 4) is 0 Å². The minimum absolute atomic E-state index is 0.107. The van der Waals surface area contributed by atoms with Crippen molar-refractivity contribution < 1.29 is 4.79 Å². The summed E-state index contributed by atoms with van der Waals surface area (Å²) >= 11 is 1.95. The number of hydrogen-bond donors (Lipinski definition) is 1. The van der Waals surface area contributed by atoms with Crippen molar-refractivity contribution in [1.82, 2.24) is 4.90 Å². The molecule has 2 N–H and O–H groups in total. The minimum Gasteiger partial charge on any atom is -0.340 e. The lowest BCUT2D eigenvalue weighted by molar-refractivity contribution is -0.134. The van der Waals surface area contributed by atoms with Gasteiger partial charge in [-0.2, -0.15) is 11.8 Å². The van der Waals surface area contributed by atoms with Crippen molar-refractivity contribution in [2.75, 3.05) is 18.8 Å². The molecular weight excluding hydrogens is 232 g/mol. The molecule has 0 aliphatic carbocycles. The highest BCUT2D eigenvalue weighted by Crippen LogP contribution is 2.31. The summed E-state index contributed by atoms with van der Waals surface area (Å²) in [6, 6.07) is -0.395. The van der Waals surface area contributed by atoms with Crippen LogP contribution in [0.3, 0.4) is 0 Å². The van der Waals surface area contributed by atoms with Gasteiger partial charge in [0.25, 0.3) is 0 Å². The maximum Gasteiger partial charge on any atom is 0.240 e. The monoisotopic (exact) mass is 258 g/mol. The van der Waals surface area contributed by atoms with E-state index in [-0.39, 0.29) is 16.1 Å². The molecule has 1 atom stereocenters. The Morgan fingerprint density at radius 3 is 2.47 bits per heavy atom. The SMILES string of the molecule is CC1(C)CCN(C(=O)C(N)C(C)(C)C)CCS1. The third-order valence-corrected chi connectivity index (χ3v) is 4.72. The van der Waals surface area contributed by atoms with Crippen LogP contribution in [0.15, 0.2) is 0 Å². The van der Waals surface area contributed by atoms with Crippen molar-refractivity contribution in [3.63, 3.8) is 0 Å². The first-order valence-electron chi connectivity index (χ1n) is 6.32. The van der Waals surface area contributed by atoms with Gasteiger partial charge < -0.3 is 10.6 Å². The third kappa shape index (κ3) is 4.18. The number of amides is 1. The first-order chi connectivity index (χ1) is 7.63. The van der Waals surface area contributed by atoms with Crippen LogP contribution in [0.4, 0.5) is 0 Å². The molecule has 1 rings (SSSR count). The van der Waals surface area contributed by atoms with Gasteiger partial charge in [0.05, 0.1) is 6.04 Å². The zero-order valence-electron chi connectivity index (χ0n) is 11.7. The van der Waals surface area contributed by atoms with E-state index in [1.165, 1.54) is 0 Å². The Balaban J connectivity index is 2.65. The van der Waals surface area contributed by atoms with Gasteiger partial charge in [-0.15, -0.1) is 0 Å². The van der Waals surface area contributed by atoms with Gasteiger partial charge in [-0.1, -0.05) is 34.6 Å². The smallest absolute Gasteiger partial charge is 0.240 e. The third-order valence-electron chi connectivity index (χ3n) is 3.35. The van der Waals surface area contributed by atoms with Crippen LogP contribution in [0.1, 0.15) is 41.0 Å². The Morgan fingerprint density at radius 2 is 1.94 bits per heavy atom. The number of carbonyl (C=O) groups is 1. The number of nitrogens with two attached hydrogens (primary N) is 1. The van der Waals surface area contributed by atoms with Crippen LogP contribution in [0, 0.1) is 5.41 Å². The lowest BCUT2D eigenvalue weighted by Crippen LogP contribution is -2.51. The van der Waals surface area contributed by atoms with Gasteiger partial charge >= 0.3 is 0 Å². The van der Waals surface area contributed by atoms with Crippen molar-refractivity contribution in [1.29, 1.82) is 0 Å². The second-order valence-corrected chi connectivity index (χ2v) is 8.33. The molecule has 1 aliphatic heterocycles. The van der Waals surface area contributed by atoms with E-state index < -0.39 is 6.04 Å². The zero-order valence-corrected chi connectivity index (χ0v) is 12.6. The summed E-state index contributed by atoms with van der Waals surface area (Å²) in [6.07, 6.45) is 1.04. The average Bonchev–Trinajstić information content (AvgIpc) is 2.36. The standard InChI is InChI=1S/C13H26N2OS/c1-12(2,3)10(14)11(16)15-7-6-13(4,5)17-9-8-15/h10H,6-9,14H2,1-5H3. The fraction of sp³-hybridized carbons (Fsp3) is 0.923. The van der Waals surface area contributed by atoms with Gasteiger partial charge in [0.15, 0.2) is 0 Å². The molecule has 0 aromatic rings. The van der Waals surface area contributed by atoms with E-state index in [1.54, 1.807) is 0 Å². The Bertz CT molecular complexity index is 284. The number of hydrogen-bond acceptors (Lipinski definition) is 3. The molecule has 0 aromatic heterocycles. The molecule has 1 aliphatic rings. The van der Waals surface area contributed by atoms with Crippen molar-refractivity contribution in [2.45, 2.75) is 51.8 Å². The summed E-state index contributed by atoms with van der Waals surface area (Å²) in [4.78, 5) is 14.2. The summed E-state index contributed by atoms with van der Waals surface area (Å²) in [6.45, 7) is 12.2. The molecule has 4 heteroatoms. The summed E-state index contributed by atoms with van der Waals surface area (Å²) in [5.74, 6) is 1.12. The van der Waals surface area contributed by atoms with Crippen LogP contribution in [0.5, 0.6) is 0 Å². The highest BCUT2D eigenvalue weighted by Gasteiger charge is 2.33. The van der Waals surface area contributed by atoms with Gasteiger partial charge in [0, 0.05) is 23.6 Å². The predicted octanol–water partition coefficient (Wildman–Crippen LogP) is 2.10. The Morgan fingerprint density at radius 1 is 1.35 bits per heavy atom. The summed E-state index contributed by atoms with van der Waals surface area (Å²) in [5.41, 5.74) is 5.89. The van der Waals surface area contributed by atoms with Crippen molar-refractivity contribution >= 4 is 17.7 Å². The molecule has 1 amide bonds. The first kappa shape index (κ1) is 14.8. The Kier molecular flexibility index (Phi) is 4.53. The second-order valence-electron chi connectivity index (χ2n) is 6.53. The maximum atomic E-state index is 12.3. The second kappa shape index (κ2) is 5.19. The van der Waals surface area contributed by atoms with E-state index >= 15 is 0 Å². The topological polar surface area (TPSA) is 46.3 Å². The number of thioether (sulfide) groups is 1. The highest BCUT2D eigenvalue weighted by atomic mass is 32.2. The van der Waals surface area contributed by atoms with E-state index in [0.717, 1.165) is 25.3 Å². The molecule has 0 bridgehead atoms. The average molecular weight is 258 g/mol. The van der Waals surface area contributed by atoms with E-state index in [4.69, 9.17) is 5.73 Å². The molecule has 0 aromatic carbocycles. The van der Waals surface area contributed by atoms with E-state index in [2.05, 4.69) is 13.8 Å². The van der Waals surface area contributed by atoms with Crippen molar-refractivity contribution in [3.05, 3.63) is 0 Å². The molecule has 0 saturated carbocycles. The summed E-state index contributed by atoms with van der Waals surface area (Å²) < 4.78 is 0.279. The molecular formula is C13H26N2OS.